The standard InChI is InChI=1S/2C4H10O3.C3H8O2/c1-7-3-4(6)2-5;1-7-4(2-5)3-6;1-5-3-2-4/h2*4-6H,2-3H2,1H3;4H,2-3H2,1H3/t4-;;/m1../s1. The highest BCUT2D eigenvalue weighted by molar-refractivity contribution is 4.48. The lowest BCUT2D eigenvalue weighted by Gasteiger charge is -2.05. The van der Waals surface area contributed by atoms with Crippen LogP contribution in [0.4, 0.5) is 0 Å². The Hall–Kier alpha value is -0.320. The fraction of sp³-hybridized carbons (Fsp3) is 1.00. The zero-order chi connectivity index (χ0) is 15.5. The Morgan fingerprint density at radius 3 is 1.42 bits per heavy atom. The molecule has 0 aromatic carbocycles. The lowest BCUT2D eigenvalue weighted by molar-refractivity contribution is 0.00933. The van der Waals surface area contributed by atoms with E-state index in [0.717, 1.165) is 0 Å². The summed E-state index contributed by atoms with van der Waals surface area (Å²) in [5, 5.41) is 41.0. The van der Waals surface area contributed by atoms with Crippen LogP contribution >= 0.6 is 0 Å². The van der Waals surface area contributed by atoms with Crippen molar-refractivity contribution in [2.45, 2.75) is 12.2 Å². The summed E-state index contributed by atoms with van der Waals surface area (Å²) in [7, 11) is 4.46. The first kappa shape index (κ1) is 23.7. The second-order valence-electron chi connectivity index (χ2n) is 3.23. The number of rotatable bonds is 8. The van der Waals surface area contributed by atoms with Crippen LogP contribution in [0.2, 0.25) is 0 Å². The van der Waals surface area contributed by atoms with Crippen LogP contribution in [0.3, 0.4) is 0 Å². The molecule has 19 heavy (non-hydrogen) atoms. The third kappa shape index (κ3) is 27.0. The highest BCUT2D eigenvalue weighted by Gasteiger charge is 1.99. The highest BCUT2D eigenvalue weighted by atomic mass is 16.5. The molecule has 0 bridgehead atoms. The van der Waals surface area contributed by atoms with Crippen LogP contribution in [-0.4, -0.2) is 98.7 Å². The maximum absolute atomic E-state index is 8.48. The average molecular weight is 288 g/mol. The lowest BCUT2D eigenvalue weighted by atomic mass is 10.4. The van der Waals surface area contributed by atoms with Gasteiger partial charge in [0, 0.05) is 21.3 Å². The molecule has 120 valence electrons. The first-order valence-corrected chi connectivity index (χ1v) is 5.69. The molecule has 0 saturated heterocycles. The van der Waals surface area contributed by atoms with Crippen molar-refractivity contribution < 1.29 is 39.7 Å². The minimum atomic E-state index is -0.718. The van der Waals surface area contributed by atoms with Gasteiger partial charge in [-0.15, -0.1) is 0 Å². The molecule has 0 aliphatic rings. The number of aliphatic hydroxyl groups is 5. The van der Waals surface area contributed by atoms with Gasteiger partial charge >= 0.3 is 0 Å². The van der Waals surface area contributed by atoms with Crippen molar-refractivity contribution in [2.75, 3.05) is 61.0 Å². The minimum absolute atomic E-state index is 0.118. The van der Waals surface area contributed by atoms with Crippen LogP contribution in [0.1, 0.15) is 0 Å². The van der Waals surface area contributed by atoms with Gasteiger partial charge in [-0.3, -0.25) is 0 Å². The third-order valence-electron chi connectivity index (χ3n) is 1.61. The summed E-state index contributed by atoms with van der Waals surface area (Å²) in [5.41, 5.74) is 0. The molecule has 0 unspecified atom stereocenters. The number of methoxy groups -OCH3 is 3. The Morgan fingerprint density at radius 2 is 1.37 bits per heavy atom. The van der Waals surface area contributed by atoms with E-state index < -0.39 is 12.2 Å². The van der Waals surface area contributed by atoms with Gasteiger partial charge in [0.25, 0.3) is 0 Å². The van der Waals surface area contributed by atoms with Gasteiger partial charge in [0.05, 0.1) is 39.6 Å². The van der Waals surface area contributed by atoms with Crippen molar-refractivity contribution in [1.29, 1.82) is 0 Å². The monoisotopic (exact) mass is 288 g/mol. The predicted octanol–water partition coefficient (Wildman–Crippen LogP) is -2.40. The van der Waals surface area contributed by atoms with Crippen LogP contribution in [0.15, 0.2) is 0 Å². The number of aliphatic hydroxyl groups excluding tert-OH is 5. The van der Waals surface area contributed by atoms with Crippen molar-refractivity contribution in [1.82, 2.24) is 0 Å². The fourth-order valence-corrected chi connectivity index (χ4v) is 0.543. The molecule has 8 nitrogen and oxygen atoms in total. The molecule has 0 amide bonds. The zero-order valence-electron chi connectivity index (χ0n) is 11.9. The number of hydrogen-bond acceptors (Lipinski definition) is 8. The summed E-state index contributed by atoms with van der Waals surface area (Å²) in [6, 6.07) is 0. The maximum Gasteiger partial charge on any atom is 0.103 e. The van der Waals surface area contributed by atoms with Crippen LogP contribution < -0.4 is 0 Å². The molecule has 0 fully saturated rings. The molecule has 0 rings (SSSR count). The van der Waals surface area contributed by atoms with Gasteiger partial charge in [-0.05, 0) is 0 Å². The Morgan fingerprint density at radius 1 is 0.842 bits per heavy atom. The van der Waals surface area contributed by atoms with Gasteiger partial charge in [0.15, 0.2) is 0 Å². The van der Waals surface area contributed by atoms with Gasteiger partial charge < -0.3 is 39.7 Å². The normalized spacial score (nSPS) is 11.2. The number of ether oxygens (including phenoxy) is 3. The van der Waals surface area contributed by atoms with E-state index in [0.29, 0.717) is 6.61 Å². The second-order valence-corrected chi connectivity index (χ2v) is 3.23. The van der Waals surface area contributed by atoms with E-state index in [1.165, 1.54) is 14.2 Å². The summed E-state index contributed by atoms with van der Waals surface area (Å²) in [4.78, 5) is 0. The molecule has 8 heteroatoms. The van der Waals surface area contributed by atoms with Crippen molar-refractivity contribution in [2.24, 2.45) is 0 Å². The molecule has 0 aliphatic heterocycles. The van der Waals surface area contributed by atoms with Crippen molar-refractivity contribution in [3.63, 3.8) is 0 Å². The first-order valence-electron chi connectivity index (χ1n) is 5.69. The predicted molar refractivity (Wildman–Crippen MR) is 68.9 cm³/mol. The smallest absolute Gasteiger partial charge is 0.103 e. The lowest BCUT2D eigenvalue weighted by Crippen LogP contribution is -2.19. The van der Waals surface area contributed by atoms with Crippen LogP contribution in [0, 0.1) is 0 Å². The Balaban J connectivity index is -0.000000206. The molecular weight excluding hydrogens is 260 g/mol. The molecule has 0 aromatic heterocycles. The van der Waals surface area contributed by atoms with Gasteiger partial charge in [-0.25, -0.2) is 0 Å². The molecule has 0 aliphatic carbocycles. The van der Waals surface area contributed by atoms with E-state index in [9.17, 15) is 0 Å². The molecule has 0 radical (unpaired) electrons. The first-order chi connectivity index (χ1) is 9.07. The van der Waals surface area contributed by atoms with E-state index in [1.54, 1.807) is 7.11 Å². The van der Waals surface area contributed by atoms with Crippen LogP contribution in [0.25, 0.3) is 0 Å². The van der Waals surface area contributed by atoms with Gasteiger partial charge in [-0.2, -0.15) is 0 Å². The Labute approximate surface area is 114 Å². The van der Waals surface area contributed by atoms with E-state index in [-0.39, 0.29) is 33.0 Å². The summed E-state index contributed by atoms with van der Waals surface area (Å²) >= 11 is 0. The Bertz CT molecular complexity index is 124. The molecule has 0 saturated carbocycles. The van der Waals surface area contributed by atoms with Crippen LogP contribution in [0.5, 0.6) is 0 Å². The van der Waals surface area contributed by atoms with E-state index in [4.69, 9.17) is 25.5 Å². The van der Waals surface area contributed by atoms with Crippen molar-refractivity contribution in [3.05, 3.63) is 0 Å². The largest absolute Gasteiger partial charge is 0.394 e. The molecule has 0 heterocycles. The number of hydrogen-bond donors (Lipinski definition) is 5. The van der Waals surface area contributed by atoms with Crippen molar-refractivity contribution >= 4 is 0 Å². The topological polar surface area (TPSA) is 129 Å². The van der Waals surface area contributed by atoms with Crippen molar-refractivity contribution in [3.8, 4) is 0 Å². The van der Waals surface area contributed by atoms with Crippen LogP contribution in [-0.2, 0) is 14.2 Å². The fourth-order valence-electron chi connectivity index (χ4n) is 0.543. The maximum atomic E-state index is 8.48. The summed E-state index contributed by atoms with van der Waals surface area (Å²) in [6.07, 6.45) is -1.12. The molecular formula is C11H28O8. The van der Waals surface area contributed by atoms with Gasteiger partial charge in [0.1, 0.15) is 12.2 Å². The van der Waals surface area contributed by atoms with Gasteiger partial charge in [-0.1, -0.05) is 0 Å². The quantitative estimate of drug-likeness (QED) is 0.334. The highest BCUT2D eigenvalue weighted by Crippen LogP contribution is 1.82. The zero-order valence-corrected chi connectivity index (χ0v) is 11.9. The Kier molecular flexibility index (Phi) is 28.5. The minimum Gasteiger partial charge on any atom is -0.394 e. The third-order valence-corrected chi connectivity index (χ3v) is 1.61. The second kappa shape index (κ2) is 22.8. The SMILES string of the molecule is COC(CO)CO.COCCO.COC[C@H](O)CO. The van der Waals surface area contributed by atoms with Gasteiger partial charge in [0.2, 0.25) is 0 Å². The van der Waals surface area contributed by atoms with E-state index in [1.807, 2.05) is 0 Å². The molecule has 1 atom stereocenters. The molecule has 0 spiro atoms. The summed E-state index contributed by atoms with van der Waals surface area (Å²) in [5.74, 6) is 0. The summed E-state index contributed by atoms with van der Waals surface area (Å²) < 4.78 is 13.5. The molecule has 5 N–H and O–H groups in total. The molecule has 0 aromatic rings. The average Bonchev–Trinajstić information content (AvgIpc) is 2.43. The summed E-state index contributed by atoms with van der Waals surface area (Å²) in [6.45, 7) is 0.306. The van der Waals surface area contributed by atoms with E-state index in [2.05, 4.69) is 14.2 Å². The van der Waals surface area contributed by atoms with E-state index >= 15 is 0 Å².